The van der Waals surface area contributed by atoms with Crippen molar-refractivity contribution >= 4 is 54.0 Å². The van der Waals surface area contributed by atoms with Crippen molar-refractivity contribution in [2.45, 2.75) is 33.7 Å². The number of hydrogen-bond acceptors (Lipinski definition) is 4. The molecule has 7 heteroatoms. The van der Waals surface area contributed by atoms with E-state index < -0.39 is 5.91 Å². The molecule has 2 amide bonds. The number of para-hydroxylation sites is 1. The van der Waals surface area contributed by atoms with Crippen LogP contribution in [0.15, 0.2) is 83.4 Å². The van der Waals surface area contributed by atoms with E-state index in [0.717, 1.165) is 20.4 Å². The van der Waals surface area contributed by atoms with Crippen LogP contribution in [0.3, 0.4) is 0 Å². The SMILES string of the molecule is [C-]#[N+]c1ccc(N(c2ccccc2)c2ccc(/C=C3/C(=O)N(C(C)C)C(=O)C(C#N)=C3C(C)C)[se]2)cc1. The topological polar surface area (TPSA) is 68.8 Å². The number of anilines is 3. The van der Waals surface area contributed by atoms with Gasteiger partial charge in [-0.05, 0) is 0 Å². The van der Waals surface area contributed by atoms with Gasteiger partial charge in [-0.15, -0.1) is 0 Å². The number of amides is 2. The number of imide groups is 1. The molecule has 1 aliphatic heterocycles. The summed E-state index contributed by atoms with van der Waals surface area (Å²) < 4.78 is 2.04. The summed E-state index contributed by atoms with van der Waals surface area (Å²) in [6, 6.07) is 23.2. The Morgan fingerprint density at radius 2 is 1.59 bits per heavy atom. The third kappa shape index (κ3) is 5.06. The molecule has 1 aromatic heterocycles. The van der Waals surface area contributed by atoms with E-state index in [4.69, 9.17) is 6.57 Å². The molecule has 3 aromatic rings. The molecule has 184 valence electrons. The van der Waals surface area contributed by atoms with Crippen LogP contribution < -0.4 is 4.90 Å². The van der Waals surface area contributed by atoms with Crippen molar-refractivity contribution in [3.05, 3.63) is 99.3 Å². The second-order valence-electron chi connectivity index (χ2n) is 9.16. The van der Waals surface area contributed by atoms with Crippen molar-refractivity contribution in [3.8, 4) is 6.07 Å². The number of benzene rings is 2. The Morgan fingerprint density at radius 1 is 0.946 bits per heavy atom. The molecule has 0 unspecified atom stereocenters. The van der Waals surface area contributed by atoms with Crippen LogP contribution in [-0.2, 0) is 9.59 Å². The van der Waals surface area contributed by atoms with Crippen LogP contribution in [0, 0.1) is 23.8 Å². The van der Waals surface area contributed by atoms with Gasteiger partial charge in [0.25, 0.3) is 0 Å². The van der Waals surface area contributed by atoms with E-state index in [2.05, 4.69) is 15.8 Å². The first-order valence-corrected chi connectivity index (χ1v) is 13.6. The Hall–Kier alpha value is -4.16. The molecule has 0 spiro atoms. The van der Waals surface area contributed by atoms with Gasteiger partial charge in [0.15, 0.2) is 0 Å². The maximum absolute atomic E-state index is 13.5. The zero-order valence-electron chi connectivity index (χ0n) is 21.1. The normalized spacial score (nSPS) is 14.9. The molecule has 0 N–H and O–H groups in total. The zero-order chi connectivity index (χ0) is 26.7. The first kappa shape index (κ1) is 25.9. The van der Waals surface area contributed by atoms with E-state index in [1.165, 1.54) is 4.90 Å². The first-order chi connectivity index (χ1) is 17.8. The monoisotopic (exact) mass is 554 g/mol. The standard InChI is InChI=1S/C30H26N4O2Se/c1-19(2)28-25(29(35)33(20(3)4)30(36)26(28)18-31)17-24-15-16-27(37-24)34(22-9-7-6-8-10-22)23-13-11-21(32-5)12-14-23/h6-17,19-20H,1-4H3/b25-17+. The number of hydrogen-bond donors (Lipinski definition) is 0. The molecule has 6 nitrogen and oxygen atoms in total. The molecule has 37 heavy (non-hydrogen) atoms. The molecule has 4 rings (SSSR count). The Balaban J connectivity index is 1.83. The second kappa shape index (κ2) is 10.8. The van der Waals surface area contributed by atoms with Crippen LogP contribution in [0.2, 0.25) is 0 Å². The Labute approximate surface area is 223 Å². The predicted octanol–water partition coefficient (Wildman–Crippen LogP) is 6.40. The quantitative estimate of drug-likeness (QED) is 0.153. The fourth-order valence-corrected chi connectivity index (χ4v) is 6.45. The molecule has 0 fully saturated rings. The number of nitrogens with zero attached hydrogens (tertiary/aromatic N) is 4. The summed E-state index contributed by atoms with van der Waals surface area (Å²) >= 11 is -0.152. The minimum absolute atomic E-state index is 0.0413. The van der Waals surface area contributed by atoms with E-state index in [1.54, 1.807) is 26.0 Å². The van der Waals surface area contributed by atoms with Gasteiger partial charge in [-0.2, -0.15) is 0 Å². The molecule has 0 bridgehead atoms. The van der Waals surface area contributed by atoms with Gasteiger partial charge in [0.05, 0.1) is 0 Å². The number of carbonyl (C=O) groups excluding carboxylic acids is 2. The number of rotatable bonds is 6. The van der Waals surface area contributed by atoms with Gasteiger partial charge in [0, 0.05) is 0 Å². The molecule has 0 saturated carbocycles. The number of carbonyl (C=O) groups is 2. The van der Waals surface area contributed by atoms with Gasteiger partial charge in [-0.3, -0.25) is 0 Å². The van der Waals surface area contributed by atoms with Crippen molar-refractivity contribution in [1.29, 1.82) is 5.26 Å². The van der Waals surface area contributed by atoms with Crippen LogP contribution in [0.5, 0.6) is 0 Å². The molecule has 0 radical (unpaired) electrons. The first-order valence-electron chi connectivity index (χ1n) is 11.9. The third-order valence-electron chi connectivity index (χ3n) is 6.02. The predicted molar refractivity (Wildman–Crippen MR) is 147 cm³/mol. The molecule has 0 saturated heterocycles. The summed E-state index contributed by atoms with van der Waals surface area (Å²) in [5.41, 5.74) is 3.47. The number of nitriles is 1. The van der Waals surface area contributed by atoms with Crippen LogP contribution in [-0.4, -0.2) is 37.3 Å². The van der Waals surface area contributed by atoms with E-state index in [-0.39, 0.29) is 37.9 Å². The molecular formula is C30H26N4O2Se. The van der Waals surface area contributed by atoms with Gasteiger partial charge >= 0.3 is 224 Å². The van der Waals surface area contributed by atoms with Crippen molar-refractivity contribution < 1.29 is 9.59 Å². The van der Waals surface area contributed by atoms with Crippen LogP contribution in [0.25, 0.3) is 10.9 Å². The minimum atomic E-state index is -0.522. The van der Waals surface area contributed by atoms with Gasteiger partial charge in [-0.1, -0.05) is 0 Å². The van der Waals surface area contributed by atoms with Crippen molar-refractivity contribution in [3.63, 3.8) is 0 Å². The van der Waals surface area contributed by atoms with Crippen LogP contribution >= 0.6 is 0 Å². The summed E-state index contributed by atoms with van der Waals surface area (Å²) in [6.45, 7) is 14.6. The average Bonchev–Trinajstić information content (AvgIpc) is 3.34. The maximum atomic E-state index is 13.5. The van der Waals surface area contributed by atoms with Crippen molar-refractivity contribution in [2.24, 2.45) is 5.92 Å². The fraction of sp³-hybridized carbons (Fsp3) is 0.200. The Morgan fingerprint density at radius 3 is 2.16 bits per heavy atom. The van der Waals surface area contributed by atoms with E-state index >= 15 is 0 Å². The van der Waals surface area contributed by atoms with Gasteiger partial charge in [-0.25, -0.2) is 0 Å². The van der Waals surface area contributed by atoms with Crippen LogP contribution in [0.4, 0.5) is 21.6 Å². The Bertz CT molecular complexity index is 1480. The average molecular weight is 554 g/mol. The molecule has 2 aromatic carbocycles. The zero-order valence-corrected chi connectivity index (χ0v) is 22.8. The van der Waals surface area contributed by atoms with Gasteiger partial charge in [0.1, 0.15) is 0 Å². The molecule has 0 aliphatic carbocycles. The summed E-state index contributed by atoms with van der Waals surface area (Å²) in [5, 5.41) is 9.81. The van der Waals surface area contributed by atoms with Crippen molar-refractivity contribution in [2.75, 3.05) is 4.90 Å². The van der Waals surface area contributed by atoms with Crippen molar-refractivity contribution in [1.82, 2.24) is 4.90 Å². The second-order valence-corrected chi connectivity index (χ2v) is 11.5. The third-order valence-corrected chi connectivity index (χ3v) is 8.15. The van der Waals surface area contributed by atoms with E-state index in [1.807, 2.05) is 74.5 Å². The molecule has 2 heterocycles. The summed E-state index contributed by atoms with van der Waals surface area (Å²) in [6.07, 6.45) is 1.85. The molecule has 0 atom stereocenters. The van der Waals surface area contributed by atoms with E-state index in [0.29, 0.717) is 16.8 Å². The summed E-state index contributed by atoms with van der Waals surface area (Å²) in [5.74, 6) is -1.04. The molecular weight excluding hydrogens is 527 g/mol. The molecule has 1 aliphatic rings. The van der Waals surface area contributed by atoms with Gasteiger partial charge in [0.2, 0.25) is 0 Å². The summed E-state index contributed by atoms with van der Waals surface area (Å²) in [4.78, 5) is 33.3. The fourth-order valence-electron chi connectivity index (χ4n) is 4.36. The Kier molecular flexibility index (Phi) is 7.60. The van der Waals surface area contributed by atoms with Gasteiger partial charge < -0.3 is 0 Å². The van der Waals surface area contributed by atoms with E-state index in [9.17, 15) is 14.9 Å². The van der Waals surface area contributed by atoms with Crippen LogP contribution in [0.1, 0.15) is 32.1 Å². The summed E-state index contributed by atoms with van der Waals surface area (Å²) in [7, 11) is 0.